The van der Waals surface area contributed by atoms with Crippen molar-refractivity contribution in [3.63, 3.8) is 0 Å². The van der Waals surface area contributed by atoms with Gasteiger partial charge in [-0.3, -0.25) is 9.59 Å². The first kappa shape index (κ1) is 18.4. The zero-order valence-corrected chi connectivity index (χ0v) is 15.4. The van der Waals surface area contributed by atoms with Gasteiger partial charge in [-0.25, -0.2) is 4.98 Å². The molecule has 0 aliphatic carbocycles. The quantitative estimate of drug-likeness (QED) is 0.777. The predicted molar refractivity (Wildman–Crippen MR) is 99.0 cm³/mol. The second-order valence-electron chi connectivity index (χ2n) is 5.42. The zero-order valence-electron chi connectivity index (χ0n) is 13.9. The minimum absolute atomic E-state index is 0.0445. The number of carbonyl (C=O) groups excluding carboxylic acids is 2. The molecule has 24 heavy (non-hydrogen) atoms. The number of aryl methyl sites for hydroxylation is 1. The molecule has 2 amide bonds. The first-order valence-electron chi connectivity index (χ1n) is 7.79. The number of thiazole rings is 1. The molecule has 0 aliphatic rings. The fraction of sp³-hybridized carbons (Fsp3) is 0.353. The Kier molecular flexibility index (Phi) is 6.34. The molecule has 1 aromatic carbocycles. The van der Waals surface area contributed by atoms with E-state index in [1.54, 1.807) is 6.07 Å². The van der Waals surface area contributed by atoms with Gasteiger partial charge < -0.3 is 10.6 Å². The highest BCUT2D eigenvalue weighted by Gasteiger charge is 2.18. The molecule has 5 nitrogen and oxygen atoms in total. The van der Waals surface area contributed by atoms with Crippen molar-refractivity contribution < 1.29 is 9.59 Å². The Morgan fingerprint density at radius 2 is 1.96 bits per heavy atom. The monoisotopic (exact) mass is 365 g/mol. The van der Waals surface area contributed by atoms with Crippen molar-refractivity contribution in [1.29, 1.82) is 0 Å². The molecule has 2 N–H and O–H groups in total. The van der Waals surface area contributed by atoms with Crippen LogP contribution in [0.5, 0.6) is 0 Å². The third kappa shape index (κ3) is 4.33. The molecule has 2 aromatic rings. The van der Waals surface area contributed by atoms with Crippen LogP contribution < -0.4 is 10.6 Å². The van der Waals surface area contributed by atoms with E-state index in [4.69, 9.17) is 11.6 Å². The maximum Gasteiger partial charge on any atom is 0.267 e. The van der Waals surface area contributed by atoms with Gasteiger partial charge in [0, 0.05) is 5.92 Å². The van der Waals surface area contributed by atoms with E-state index in [9.17, 15) is 9.59 Å². The minimum atomic E-state index is -0.299. The third-order valence-corrected chi connectivity index (χ3v) is 5.00. The Morgan fingerprint density at radius 3 is 2.58 bits per heavy atom. The van der Waals surface area contributed by atoms with Crippen molar-refractivity contribution in [2.45, 2.75) is 33.6 Å². The summed E-state index contributed by atoms with van der Waals surface area (Å²) >= 11 is 7.26. The number of nitrogens with one attached hydrogen (secondary N) is 2. The summed E-state index contributed by atoms with van der Waals surface area (Å²) in [5.74, 6) is -0.410. The summed E-state index contributed by atoms with van der Waals surface area (Å²) in [6, 6.07) is 5.42. The van der Waals surface area contributed by atoms with E-state index in [1.807, 2.05) is 32.9 Å². The summed E-state index contributed by atoms with van der Waals surface area (Å²) in [4.78, 5) is 28.9. The molecule has 1 aromatic heterocycles. The summed E-state index contributed by atoms with van der Waals surface area (Å²) in [6.45, 7) is 5.82. The lowest BCUT2D eigenvalue weighted by atomic mass is 10.0. The van der Waals surface area contributed by atoms with Crippen LogP contribution in [-0.2, 0) is 4.79 Å². The van der Waals surface area contributed by atoms with Gasteiger partial charge in [-0.2, -0.15) is 0 Å². The summed E-state index contributed by atoms with van der Waals surface area (Å²) in [7, 11) is 0. The molecule has 0 spiro atoms. The first-order valence-corrected chi connectivity index (χ1v) is 8.98. The lowest BCUT2D eigenvalue weighted by Crippen LogP contribution is -2.21. The van der Waals surface area contributed by atoms with Gasteiger partial charge in [0.2, 0.25) is 5.91 Å². The van der Waals surface area contributed by atoms with Crippen LogP contribution in [0.4, 0.5) is 10.8 Å². The lowest BCUT2D eigenvalue weighted by Gasteiger charge is -2.10. The summed E-state index contributed by atoms with van der Waals surface area (Å²) in [5.41, 5.74) is 1.46. The fourth-order valence-electron chi connectivity index (χ4n) is 2.27. The van der Waals surface area contributed by atoms with Gasteiger partial charge in [-0.15, -0.1) is 0 Å². The Bertz CT molecular complexity index is 721. The summed E-state index contributed by atoms with van der Waals surface area (Å²) < 4.78 is 0. The van der Waals surface area contributed by atoms with E-state index >= 15 is 0 Å². The highest BCUT2D eigenvalue weighted by molar-refractivity contribution is 7.17. The van der Waals surface area contributed by atoms with Crippen molar-refractivity contribution in [3.8, 4) is 0 Å². The van der Waals surface area contributed by atoms with Gasteiger partial charge in [-0.1, -0.05) is 48.9 Å². The Labute approximate surface area is 150 Å². The summed E-state index contributed by atoms with van der Waals surface area (Å²) in [6.07, 6.45) is 2.99. The van der Waals surface area contributed by atoms with Crippen molar-refractivity contribution in [2.75, 3.05) is 10.6 Å². The van der Waals surface area contributed by atoms with Crippen LogP contribution in [0, 0.1) is 12.8 Å². The second kappa shape index (κ2) is 8.26. The van der Waals surface area contributed by atoms with Crippen molar-refractivity contribution >= 4 is 45.6 Å². The number of halogens is 1. The average Bonchev–Trinajstić information content (AvgIpc) is 3.00. The molecule has 2 rings (SSSR count). The third-order valence-electron chi connectivity index (χ3n) is 3.78. The molecular formula is C17H20ClN3O2S. The Balaban J connectivity index is 2.07. The predicted octanol–water partition coefficient (Wildman–Crippen LogP) is 4.73. The number of carbonyl (C=O) groups is 2. The standard InChI is InChI=1S/C17H20ClN3O2S/c1-4-11(5-2)15(22)21-17-19-9-13(24-17)16(23)20-14-10(3)7-6-8-12(14)18/h6-9,11H,4-5H2,1-3H3,(H,20,23)(H,19,21,22). The number of para-hydroxylation sites is 1. The lowest BCUT2D eigenvalue weighted by molar-refractivity contribution is -0.120. The van der Waals surface area contributed by atoms with E-state index in [0.29, 0.717) is 20.7 Å². The van der Waals surface area contributed by atoms with Crippen molar-refractivity contribution in [3.05, 3.63) is 39.9 Å². The molecule has 0 saturated heterocycles. The van der Waals surface area contributed by atoms with Crippen LogP contribution in [-0.4, -0.2) is 16.8 Å². The van der Waals surface area contributed by atoms with Gasteiger partial charge in [0.15, 0.2) is 5.13 Å². The molecule has 0 fully saturated rings. The number of benzene rings is 1. The van der Waals surface area contributed by atoms with Gasteiger partial charge in [-0.05, 0) is 31.4 Å². The van der Waals surface area contributed by atoms with Crippen LogP contribution in [0.2, 0.25) is 5.02 Å². The second-order valence-corrected chi connectivity index (χ2v) is 6.86. The number of rotatable bonds is 6. The maximum atomic E-state index is 12.4. The first-order chi connectivity index (χ1) is 11.5. The molecular weight excluding hydrogens is 346 g/mol. The van der Waals surface area contributed by atoms with Crippen LogP contribution in [0.25, 0.3) is 0 Å². The normalized spacial score (nSPS) is 10.7. The van der Waals surface area contributed by atoms with Gasteiger partial charge in [0.25, 0.3) is 5.91 Å². The number of hydrogen-bond donors (Lipinski definition) is 2. The SMILES string of the molecule is CCC(CC)C(=O)Nc1ncc(C(=O)Nc2c(C)cccc2Cl)s1. The topological polar surface area (TPSA) is 71.1 Å². The molecule has 0 radical (unpaired) electrons. The molecule has 0 bridgehead atoms. The molecule has 0 saturated carbocycles. The van der Waals surface area contributed by atoms with Gasteiger partial charge in [0.1, 0.15) is 4.88 Å². The van der Waals surface area contributed by atoms with E-state index < -0.39 is 0 Å². The van der Waals surface area contributed by atoms with Gasteiger partial charge in [0.05, 0.1) is 16.9 Å². The van der Waals surface area contributed by atoms with E-state index in [0.717, 1.165) is 29.7 Å². The molecule has 128 valence electrons. The number of amides is 2. The smallest absolute Gasteiger partial charge is 0.267 e. The average molecular weight is 366 g/mol. The number of aromatic nitrogens is 1. The fourth-order valence-corrected chi connectivity index (χ4v) is 3.25. The highest BCUT2D eigenvalue weighted by atomic mass is 35.5. The molecule has 1 heterocycles. The van der Waals surface area contributed by atoms with Crippen molar-refractivity contribution in [1.82, 2.24) is 4.98 Å². The van der Waals surface area contributed by atoms with Crippen LogP contribution in [0.15, 0.2) is 24.4 Å². The largest absolute Gasteiger partial charge is 0.320 e. The molecule has 7 heteroatoms. The van der Waals surface area contributed by atoms with Crippen LogP contribution >= 0.6 is 22.9 Å². The van der Waals surface area contributed by atoms with Gasteiger partial charge >= 0.3 is 0 Å². The maximum absolute atomic E-state index is 12.4. The van der Waals surface area contributed by atoms with E-state index in [-0.39, 0.29) is 17.7 Å². The Hall–Kier alpha value is -1.92. The molecule has 0 aliphatic heterocycles. The highest BCUT2D eigenvalue weighted by Crippen LogP contribution is 2.27. The minimum Gasteiger partial charge on any atom is -0.320 e. The number of hydrogen-bond acceptors (Lipinski definition) is 4. The Morgan fingerprint density at radius 1 is 1.25 bits per heavy atom. The zero-order chi connectivity index (χ0) is 17.7. The number of anilines is 2. The van der Waals surface area contributed by atoms with Crippen molar-refractivity contribution in [2.24, 2.45) is 5.92 Å². The van der Waals surface area contributed by atoms with E-state index in [2.05, 4.69) is 15.6 Å². The van der Waals surface area contributed by atoms with E-state index in [1.165, 1.54) is 6.20 Å². The summed E-state index contributed by atoms with van der Waals surface area (Å²) in [5, 5.41) is 6.47. The van der Waals surface area contributed by atoms with Crippen LogP contribution in [0.1, 0.15) is 41.9 Å². The molecule has 0 atom stereocenters. The number of nitrogens with zero attached hydrogens (tertiary/aromatic N) is 1. The van der Waals surface area contributed by atoms with Crippen LogP contribution in [0.3, 0.4) is 0 Å². The molecule has 0 unspecified atom stereocenters.